The molecule has 4 rings (SSSR count). The third kappa shape index (κ3) is 10.3. The van der Waals surface area contributed by atoms with Crippen molar-refractivity contribution in [1.82, 2.24) is 9.80 Å². The standard InChI is InChI=1S/C36H45Cl2N5O5/c1-23-19-43(24(2)22-44)36(47)27-18-26(40-34(45)11-5-4-6-12-35(46)41-31-10-8-7-9-30(31)39)14-16-32(27)48-33(23)21-42(3)20-25-13-15-28(37)29(38)17-25/h7-10,13-18,23-24,33,44H,4-6,11-12,19-22,39H2,1-3H3,(H,40,45)(H,41,46)/t23-,24+,33+/m0/s1. The van der Waals surface area contributed by atoms with Gasteiger partial charge in [-0.3, -0.25) is 19.3 Å². The summed E-state index contributed by atoms with van der Waals surface area (Å²) in [6.07, 6.45) is 2.28. The fraction of sp³-hybridized carbons (Fsp3) is 0.417. The van der Waals surface area contributed by atoms with Gasteiger partial charge in [-0.2, -0.15) is 0 Å². The molecule has 3 atom stereocenters. The van der Waals surface area contributed by atoms with E-state index in [2.05, 4.69) is 15.5 Å². The van der Waals surface area contributed by atoms with Crippen LogP contribution in [-0.2, 0) is 16.1 Å². The van der Waals surface area contributed by atoms with Crippen LogP contribution in [0.5, 0.6) is 5.75 Å². The number of aliphatic hydroxyl groups is 1. The Morgan fingerprint density at radius 1 is 1.02 bits per heavy atom. The fourth-order valence-corrected chi connectivity index (χ4v) is 5.96. The number of likely N-dealkylation sites (N-methyl/N-ethyl adjacent to an activating group) is 1. The summed E-state index contributed by atoms with van der Waals surface area (Å²) in [6, 6.07) is 17.3. The summed E-state index contributed by atoms with van der Waals surface area (Å²) in [5, 5.41) is 16.7. The number of amides is 3. The number of anilines is 3. The zero-order valence-electron chi connectivity index (χ0n) is 27.7. The molecule has 3 aromatic rings. The first-order valence-corrected chi connectivity index (χ1v) is 17.0. The molecule has 12 heteroatoms. The van der Waals surface area contributed by atoms with E-state index in [1.807, 2.05) is 39.1 Å². The van der Waals surface area contributed by atoms with E-state index in [9.17, 15) is 19.5 Å². The van der Waals surface area contributed by atoms with Crippen molar-refractivity contribution in [2.24, 2.45) is 5.92 Å². The topological polar surface area (TPSA) is 137 Å². The molecule has 0 aliphatic carbocycles. The van der Waals surface area contributed by atoms with Gasteiger partial charge in [-0.15, -0.1) is 0 Å². The molecule has 1 heterocycles. The third-order valence-corrected chi connectivity index (χ3v) is 9.16. The largest absolute Gasteiger partial charge is 0.488 e. The molecule has 48 heavy (non-hydrogen) atoms. The SMILES string of the molecule is C[C@H](CO)N1C[C@H](C)[C@@H](CN(C)Cc2ccc(Cl)c(Cl)c2)Oc2ccc(NC(=O)CCCCCC(=O)Nc3ccccc3N)cc2C1=O. The third-order valence-electron chi connectivity index (χ3n) is 8.42. The lowest BCUT2D eigenvalue weighted by Crippen LogP contribution is -2.49. The highest BCUT2D eigenvalue weighted by molar-refractivity contribution is 6.42. The van der Waals surface area contributed by atoms with Crippen LogP contribution in [0.4, 0.5) is 17.1 Å². The van der Waals surface area contributed by atoms with Crippen molar-refractivity contribution in [2.75, 3.05) is 43.1 Å². The molecule has 10 nitrogen and oxygen atoms in total. The maximum atomic E-state index is 13.8. The normalized spacial score (nSPS) is 16.8. The number of carbonyl (C=O) groups excluding carboxylic acids is 3. The maximum absolute atomic E-state index is 13.8. The number of fused-ring (bicyclic) bond motifs is 1. The zero-order valence-corrected chi connectivity index (χ0v) is 29.2. The number of nitrogens with two attached hydrogens (primary N) is 1. The molecule has 1 aliphatic rings. The van der Waals surface area contributed by atoms with Gasteiger partial charge in [-0.25, -0.2) is 0 Å². The van der Waals surface area contributed by atoms with Gasteiger partial charge >= 0.3 is 0 Å². The Hall–Kier alpha value is -3.83. The average molecular weight is 699 g/mol. The molecule has 0 saturated carbocycles. The second-order valence-corrected chi connectivity index (χ2v) is 13.3. The summed E-state index contributed by atoms with van der Waals surface area (Å²) in [5.74, 6) is -0.207. The molecule has 0 spiro atoms. The number of benzene rings is 3. The number of para-hydroxylation sites is 2. The molecule has 3 amide bonds. The van der Waals surface area contributed by atoms with Crippen molar-refractivity contribution in [2.45, 2.75) is 64.6 Å². The van der Waals surface area contributed by atoms with E-state index >= 15 is 0 Å². The molecular weight excluding hydrogens is 653 g/mol. The number of hydrogen-bond donors (Lipinski definition) is 4. The van der Waals surface area contributed by atoms with Crippen LogP contribution in [0.15, 0.2) is 60.7 Å². The molecule has 0 radical (unpaired) electrons. The van der Waals surface area contributed by atoms with E-state index in [0.717, 1.165) is 5.56 Å². The minimum atomic E-state index is -0.411. The minimum Gasteiger partial charge on any atom is -0.488 e. The number of ether oxygens (including phenoxy) is 1. The van der Waals surface area contributed by atoms with Gasteiger partial charge in [0.15, 0.2) is 0 Å². The Kier molecular flexibility index (Phi) is 13.5. The quantitative estimate of drug-likeness (QED) is 0.112. The van der Waals surface area contributed by atoms with Crippen LogP contribution in [0.25, 0.3) is 0 Å². The molecule has 0 unspecified atom stereocenters. The summed E-state index contributed by atoms with van der Waals surface area (Å²) < 4.78 is 6.50. The highest BCUT2D eigenvalue weighted by Gasteiger charge is 2.33. The number of unbranched alkanes of at least 4 members (excludes halogenated alkanes) is 2. The molecular formula is C36H45Cl2N5O5. The number of nitrogen functional groups attached to an aromatic ring is 1. The Labute approximate surface area is 292 Å². The van der Waals surface area contributed by atoms with Crippen molar-refractivity contribution >= 4 is 58.0 Å². The summed E-state index contributed by atoms with van der Waals surface area (Å²) in [7, 11) is 1.99. The van der Waals surface area contributed by atoms with Gasteiger partial charge < -0.3 is 31.1 Å². The predicted molar refractivity (Wildman–Crippen MR) is 192 cm³/mol. The molecule has 5 N–H and O–H groups in total. The lowest BCUT2D eigenvalue weighted by molar-refractivity contribution is -0.116. The molecule has 0 aromatic heterocycles. The van der Waals surface area contributed by atoms with Gasteiger partial charge in [-0.1, -0.05) is 54.7 Å². The van der Waals surface area contributed by atoms with Crippen LogP contribution in [0.3, 0.4) is 0 Å². The molecule has 0 bridgehead atoms. The van der Waals surface area contributed by atoms with E-state index in [-0.39, 0.29) is 42.8 Å². The van der Waals surface area contributed by atoms with Crippen LogP contribution in [0.1, 0.15) is 61.9 Å². The maximum Gasteiger partial charge on any atom is 0.258 e. The Morgan fingerprint density at radius 3 is 2.42 bits per heavy atom. The first-order valence-electron chi connectivity index (χ1n) is 16.2. The minimum absolute atomic E-state index is 0.0470. The van der Waals surface area contributed by atoms with Gasteiger partial charge in [0.1, 0.15) is 11.9 Å². The zero-order chi connectivity index (χ0) is 34.8. The Bertz CT molecular complexity index is 1590. The van der Waals surface area contributed by atoms with Crippen LogP contribution < -0.4 is 21.1 Å². The molecule has 3 aromatic carbocycles. The second-order valence-electron chi connectivity index (χ2n) is 12.5. The number of hydrogen-bond acceptors (Lipinski definition) is 7. The van der Waals surface area contributed by atoms with Gasteiger partial charge in [-0.05, 0) is 74.8 Å². The van der Waals surface area contributed by atoms with Crippen molar-refractivity contribution in [3.05, 3.63) is 81.8 Å². The van der Waals surface area contributed by atoms with Crippen molar-refractivity contribution in [3.8, 4) is 5.75 Å². The number of aliphatic hydroxyl groups excluding tert-OH is 1. The van der Waals surface area contributed by atoms with Crippen molar-refractivity contribution in [1.29, 1.82) is 0 Å². The number of nitrogens with zero attached hydrogens (tertiary/aromatic N) is 2. The van der Waals surface area contributed by atoms with Gasteiger partial charge in [0.2, 0.25) is 11.8 Å². The van der Waals surface area contributed by atoms with E-state index in [1.165, 1.54) is 0 Å². The number of carbonyl (C=O) groups is 3. The number of rotatable bonds is 14. The molecule has 258 valence electrons. The monoisotopic (exact) mass is 697 g/mol. The van der Waals surface area contributed by atoms with Crippen LogP contribution >= 0.6 is 23.2 Å². The lowest BCUT2D eigenvalue weighted by Gasteiger charge is -2.38. The fourth-order valence-electron chi connectivity index (χ4n) is 5.63. The summed E-state index contributed by atoms with van der Waals surface area (Å²) in [6.45, 7) is 5.23. The highest BCUT2D eigenvalue weighted by atomic mass is 35.5. The van der Waals surface area contributed by atoms with Gasteiger partial charge in [0.25, 0.3) is 5.91 Å². The summed E-state index contributed by atoms with van der Waals surface area (Å²) in [5.41, 5.74) is 8.80. The molecule has 0 fully saturated rings. The first-order chi connectivity index (χ1) is 22.9. The Morgan fingerprint density at radius 2 is 1.73 bits per heavy atom. The molecule has 1 aliphatic heterocycles. The predicted octanol–water partition coefficient (Wildman–Crippen LogP) is 6.46. The van der Waals surface area contributed by atoms with Crippen LogP contribution in [0.2, 0.25) is 10.0 Å². The highest BCUT2D eigenvalue weighted by Crippen LogP contribution is 2.31. The van der Waals surface area contributed by atoms with E-state index in [0.29, 0.717) is 83.7 Å². The van der Waals surface area contributed by atoms with E-state index < -0.39 is 6.04 Å². The van der Waals surface area contributed by atoms with Gasteiger partial charge in [0.05, 0.1) is 39.6 Å². The number of nitrogens with one attached hydrogen (secondary N) is 2. The Balaban J connectivity index is 1.36. The van der Waals surface area contributed by atoms with Crippen molar-refractivity contribution in [3.63, 3.8) is 0 Å². The average Bonchev–Trinajstić information content (AvgIpc) is 3.05. The smallest absolute Gasteiger partial charge is 0.258 e. The van der Waals surface area contributed by atoms with E-state index in [1.54, 1.807) is 47.4 Å². The second kappa shape index (κ2) is 17.5. The lowest BCUT2D eigenvalue weighted by atomic mass is 9.99. The van der Waals surface area contributed by atoms with Crippen LogP contribution in [-0.4, -0.2) is 71.5 Å². The van der Waals surface area contributed by atoms with Gasteiger partial charge in [0, 0.05) is 44.1 Å². The first kappa shape index (κ1) is 37.0. The molecule has 0 saturated heterocycles. The number of halogens is 2. The van der Waals surface area contributed by atoms with Crippen molar-refractivity contribution < 1.29 is 24.2 Å². The summed E-state index contributed by atoms with van der Waals surface area (Å²) in [4.78, 5) is 42.6. The van der Waals surface area contributed by atoms with Crippen LogP contribution in [0, 0.1) is 5.92 Å². The van der Waals surface area contributed by atoms with E-state index in [4.69, 9.17) is 33.7 Å². The summed E-state index contributed by atoms with van der Waals surface area (Å²) >= 11 is 12.3.